The molecule has 4 heteroatoms. The molecule has 4 nitrogen and oxygen atoms in total. The molecule has 1 heterocycles. The van der Waals surface area contributed by atoms with Crippen LogP contribution in [-0.2, 0) is 9.59 Å². The van der Waals surface area contributed by atoms with E-state index in [4.69, 9.17) is 0 Å². The molecule has 0 bridgehead atoms. The molecule has 22 heavy (non-hydrogen) atoms. The summed E-state index contributed by atoms with van der Waals surface area (Å²) in [6.07, 6.45) is 8.13. The van der Waals surface area contributed by atoms with Crippen LogP contribution in [-0.4, -0.2) is 41.8 Å². The maximum Gasteiger partial charge on any atom is 0.223 e. The largest absolute Gasteiger partial charge is 0.330 e. The average Bonchev–Trinajstić information content (AvgIpc) is 2.74. The highest BCUT2D eigenvalue weighted by atomic mass is 16.2. The highest BCUT2D eigenvalue weighted by Gasteiger charge is 2.39. The number of rotatable bonds is 10. The summed E-state index contributed by atoms with van der Waals surface area (Å²) < 4.78 is 0. The van der Waals surface area contributed by atoms with Gasteiger partial charge in [0.25, 0.3) is 0 Å². The maximum absolute atomic E-state index is 12.7. The fraction of sp³-hybridized carbons (Fsp3) is 0.889. The van der Waals surface area contributed by atoms with Crippen molar-refractivity contribution in [3.05, 3.63) is 0 Å². The van der Waals surface area contributed by atoms with E-state index in [9.17, 15) is 9.59 Å². The first-order valence-corrected chi connectivity index (χ1v) is 9.10. The number of hydrogen-bond acceptors (Lipinski definition) is 3. The van der Waals surface area contributed by atoms with Crippen molar-refractivity contribution < 1.29 is 9.59 Å². The van der Waals surface area contributed by atoms with Gasteiger partial charge in [0.05, 0.1) is 5.54 Å². The van der Waals surface area contributed by atoms with E-state index >= 15 is 0 Å². The predicted octanol–water partition coefficient (Wildman–Crippen LogP) is 3.30. The molecule has 0 spiro atoms. The lowest BCUT2D eigenvalue weighted by atomic mass is 9.87. The molecule has 0 radical (unpaired) electrons. The fourth-order valence-corrected chi connectivity index (χ4v) is 3.20. The third-order valence-corrected chi connectivity index (χ3v) is 4.97. The molecule has 0 saturated carbocycles. The average molecular weight is 310 g/mol. The van der Waals surface area contributed by atoms with E-state index in [0.717, 1.165) is 64.6 Å². The summed E-state index contributed by atoms with van der Waals surface area (Å²) >= 11 is 0. The standard InChI is InChI=1S/C18H34N2O2/c1-4-18(3,20-15-11-7-9-13-17(20)22)16(21)12-8-6-10-14-19-5-2/h19H,4-15H2,1-3H3. The van der Waals surface area contributed by atoms with Gasteiger partial charge in [-0.15, -0.1) is 0 Å². The van der Waals surface area contributed by atoms with Crippen molar-refractivity contribution in [2.45, 2.75) is 84.1 Å². The molecule has 128 valence electrons. The Labute approximate surface area is 136 Å². The minimum absolute atomic E-state index is 0.169. The Balaban J connectivity index is 2.51. The minimum Gasteiger partial charge on any atom is -0.330 e. The van der Waals surface area contributed by atoms with Gasteiger partial charge in [-0.1, -0.05) is 26.7 Å². The maximum atomic E-state index is 12.7. The van der Waals surface area contributed by atoms with Crippen molar-refractivity contribution in [1.29, 1.82) is 0 Å². The Morgan fingerprint density at radius 3 is 2.64 bits per heavy atom. The first-order chi connectivity index (χ1) is 10.6. The van der Waals surface area contributed by atoms with Gasteiger partial charge < -0.3 is 10.2 Å². The van der Waals surface area contributed by atoms with Crippen LogP contribution in [0, 0.1) is 0 Å². The molecule has 1 unspecified atom stereocenters. The zero-order valence-corrected chi connectivity index (χ0v) is 14.7. The number of carbonyl (C=O) groups excluding carboxylic acids is 2. The highest BCUT2D eigenvalue weighted by Crippen LogP contribution is 2.27. The van der Waals surface area contributed by atoms with Crippen molar-refractivity contribution in [2.75, 3.05) is 19.6 Å². The van der Waals surface area contributed by atoms with Gasteiger partial charge in [0, 0.05) is 19.4 Å². The molecule has 0 aliphatic carbocycles. The Morgan fingerprint density at radius 2 is 1.95 bits per heavy atom. The molecule has 1 saturated heterocycles. The van der Waals surface area contributed by atoms with Crippen LogP contribution in [0.15, 0.2) is 0 Å². The van der Waals surface area contributed by atoms with Gasteiger partial charge in [-0.2, -0.15) is 0 Å². The molecule has 1 aliphatic rings. The fourth-order valence-electron chi connectivity index (χ4n) is 3.20. The molecule has 1 amide bonds. The second kappa shape index (κ2) is 9.98. The number of unbranched alkanes of at least 4 members (excludes halogenated alkanes) is 2. The number of ketones is 1. The van der Waals surface area contributed by atoms with Gasteiger partial charge in [0.1, 0.15) is 0 Å². The van der Waals surface area contributed by atoms with E-state index in [0.29, 0.717) is 12.8 Å². The van der Waals surface area contributed by atoms with Crippen LogP contribution in [0.2, 0.25) is 0 Å². The van der Waals surface area contributed by atoms with Gasteiger partial charge in [0.2, 0.25) is 5.91 Å². The number of Topliss-reactive ketones (excluding diaryl/α,β-unsaturated/α-hetero) is 1. The summed E-state index contributed by atoms with van der Waals surface area (Å²) in [5, 5.41) is 3.30. The molecule has 1 aliphatic heterocycles. The molecule has 0 aromatic heterocycles. The van der Waals surface area contributed by atoms with Gasteiger partial charge in [-0.05, 0) is 52.1 Å². The smallest absolute Gasteiger partial charge is 0.223 e. The zero-order chi connectivity index (χ0) is 16.4. The van der Waals surface area contributed by atoms with Crippen LogP contribution in [0.5, 0.6) is 0 Å². The molecule has 1 rings (SSSR count). The Morgan fingerprint density at radius 1 is 1.18 bits per heavy atom. The first kappa shape index (κ1) is 19.1. The highest BCUT2D eigenvalue weighted by molar-refractivity contribution is 5.92. The van der Waals surface area contributed by atoms with Gasteiger partial charge in [0.15, 0.2) is 5.78 Å². The Bertz CT molecular complexity index is 357. The zero-order valence-electron chi connectivity index (χ0n) is 14.7. The van der Waals surface area contributed by atoms with Crippen LogP contribution < -0.4 is 5.32 Å². The number of carbonyl (C=O) groups is 2. The van der Waals surface area contributed by atoms with E-state index < -0.39 is 5.54 Å². The SMILES string of the molecule is CCNCCCCCC(=O)C(C)(CC)N1CCCCCC1=O. The van der Waals surface area contributed by atoms with Crippen molar-refractivity contribution in [1.82, 2.24) is 10.2 Å². The number of likely N-dealkylation sites (tertiary alicyclic amines) is 1. The van der Waals surface area contributed by atoms with Crippen LogP contribution >= 0.6 is 0 Å². The summed E-state index contributed by atoms with van der Waals surface area (Å²) in [6.45, 7) is 8.88. The number of hydrogen-bond donors (Lipinski definition) is 1. The first-order valence-electron chi connectivity index (χ1n) is 9.10. The van der Waals surface area contributed by atoms with Crippen LogP contribution in [0.1, 0.15) is 78.6 Å². The Kier molecular flexibility index (Phi) is 8.69. The molecule has 0 aromatic rings. The van der Waals surface area contributed by atoms with Crippen LogP contribution in [0.4, 0.5) is 0 Å². The van der Waals surface area contributed by atoms with Crippen molar-refractivity contribution in [3.8, 4) is 0 Å². The predicted molar refractivity (Wildman–Crippen MR) is 90.9 cm³/mol. The lowest BCUT2D eigenvalue weighted by molar-refractivity contribution is -0.145. The van der Waals surface area contributed by atoms with Crippen LogP contribution in [0.25, 0.3) is 0 Å². The molecule has 1 N–H and O–H groups in total. The van der Waals surface area contributed by atoms with Crippen molar-refractivity contribution >= 4 is 11.7 Å². The van der Waals surface area contributed by atoms with Gasteiger partial charge >= 0.3 is 0 Å². The number of nitrogens with one attached hydrogen (secondary N) is 1. The second-order valence-corrected chi connectivity index (χ2v) is 6.57. The summed E-state index contributed by atoms with van der Waals surface area (Å²) in [7, 11) is 0. The normalized spacial score (nSPS) is 18.9. The lowest BCUT2D eigenvalue weighted by Crippen LogP contribution is -2.54. The lowest BCUT2D eigenvalue weighted by Gasteiger charge is -2.39. The van der Waals surface area contributed by atoms with Gasteiger partial charge in [-0.3, -0.25) is 9.59 Å². The van der Waals surface area contributed by atoms with Crippen LogP contribution in [0.3, 0.4) is 0 Å². The minimum atomic E-state index is -0.594. The third kappa shape index (κ3) is 5.38. The number of amides is 1. The quantitative estimate of drug-likeness (QED) is 0.630. The number of nitrogens with zero attached hydrogens (tertiary/aromatic N) is 1. The Hall–Kier alpha value is -0.900. The summed E-state index contributed by atoms with van der Waals surface area (Å²) in [5.74, 6) is 0.413. The van der Waals surface area contributed by atoms with Crippen molar-refractivity contribution in [3.63, 3.8) is 0 Å². The van der Waals surface area contributed by atoms with E-state index in [-0.39, 0.29) is 11.7 Å². The molecular weight excluding hydrogens is 276 g/mol. The van der Waals surface area contributed by atoms with Crippen molar-refractivity contribution in [2.24, 2.45) is 0 Å². The topological polar surface area (TPSA) is 49.4 Å². The molecule has 0 aromatic carbocycles. The monoisotopic (exact) mass is 310 g/mol. The third-order valence-electron chi connectivity index (χ3n) is 4.97. The molecule has 1 fully saturated rings. The molecule has 1 atom stereocenters. The molecular formula is C18H34N2O2. The van der Waals surface area contributed by atoms with E-state index in [1.54, 1.807) is 0 Å². The summed E-state index contributed by atoms with van der Waals surface area (Å²) in [4.78, 5) is 26.9. The van der Waals surface area contributed by atoms with Gasteiger partial charge in [-0.25, -0.2) is 0 Å². The summed E-state index contributed by atoms with van der Waals surface area (Å²) in [6, 6.07) is 0. The second-order valence-electron chi connectivity index (χ2n) is 6.57. The van der Waals surface area contributed by atoms with E-state index in [1.807, 2.05) is 18.7 Å². The van der Waals surface area contributed by atoms with E-state index in [2.05, 4.69) is 12.2 Å². The summed E-state index contributed by atoms with van der Waals surface area (Å²) in [5.41, 5.74) is -0.594. The van der Waals surface area contributed by atoms with E-state index in [1.165, 1.54) is 0 Å².